The molecule has 0 fully saturated rings. The minimum Gasteiger partial charge on any atom is -0.478 e. The summed E-state index contributed by atoms with van der Waals surface area (Å²) < 4.78 is 5.62. The minimum atomic E-state index is 0.693. The van der Waals surface area contributed by atoms with E-state index in [1.54, 1.807) is 0 Å². The van der Waals surface area contributed by atoms with Gasteiger partial charge in [-0.2, -0.15) is 4.98 Å². The lowest BCUT2D eigenvalue weighted by atomic mass is 10.2. The summed E-state index contributed by atoms with van der Waals surface area (Å²) in [6.07, 6.45) is 6.59. The Kier molecular flexibility index (Phi) is 7.94. The molecular weight excluding hydrogens is 238 g/mol. The predicted molar refractivity (Wildman–Crippen MR) is 79.8 cm³/mol. The van der Waals surface area contributed by atoms with Gasteiger partial charge < -0.3 is 10.1 Å². The summed E-state index contributed by atoms with van der Waals surface area (Å²) in [5.41, 5.74) is 0. The summed E-state index contributed by atoms with van der Waals surface area (Å²) in [6, 6.07) is 1.90. The molecule has 0 unspecified atom stereocenters. The molecule has 1 rings (SSSR count). The molecule has 0 radical (unpaired) electrons. The van der Waals surface area contributed by atoms with Gasteiger partial charge in [0.2, 0.25) is 5.88 Å². The van der Waals surface area contributed by atoms with Gasteiger partial charge in [-0.3, -0.25) is 0 Å². The van der Waals surface area contributed by atoms with Crippen molar-refractivity contribution in [2.24, 2.45) is 0 Å². The average Bonchev–Trinajstić information content (AvgIpc) is 2.42. The molecule has 0 atom stereocenters. The third-order valence-corrected chi connectivity index (χ3v) is 2.76. The zero-order chi connectivity index (χ0) is 13.9. The van der Waals surface area contributed by atoms with E-state index in [0.717, 1.165) is 37.4 Å². The minimum absolute atomic E-state index is 0.693. The second-order valence-electron chi connectivity index (χ2n) is 4.74. The molecule has 0 bridgehead atoms. The first-order chi connectivity index (χ1) is 9.30. The highest BCUT2D eigenvalue weighted by molar-refractivity contribution is 5.38. The predicted octanol–water partition coefficient (Wildman–Crippen LogP) is 3.82. The number of anilines is 1. The lowest BCUT2D eigenvalue weighted by Gasteiger charge is -2.10. The third-order valence-electron chi connectivity index (χ3n) is 2.76. The first-order valence-electron chi connectivity index (χ1n) is 7.54. The fourth-order valence-corrected chi connectivity index (χ4v) is 1.77. The Labute approximate surface area is 117 Å². The van der Waals surface area contributed by atoms with Crippen LogP contribution < -0.4 is 10.1 Å². The van der Waals surface area contributed by atoms with E-state index in [1.807, 2.05) is 6.07 Å². The molecule has 0 aliphatic carbocycles. The monoisotopic (exact) mass is 265 g/mol. The zero-order valence-electron chi connectivity index (χ0n) is 12.5. The van der Waals surface area contributed by atoms with E-state index >= 15 is 0 Å². The van der Waals surface area contributed by atoms with Crippen LogP contribution in [0.2, 0.25) is 0 Å². The molecule has 0 aliphatic rings. The van der Waals surface area contributed by atoms with Crippen LogP contribution in [0.4, 0.5) is 5.82 Å². The molecule has 1 aromatic rings. The van der Waals surface area contributed by atoms with Crippen molar-refractivity contribution in [3.8, 4) is 5.88 Å². The molecule has 4 heteroatoms. The van der Waals surface area contributed by atoms with Gasteiger partial charge in [0.05, 0.1) is 6.61 Å². The quantitative estimate of drug-likeness (QED) is 0.653. The summed E-state index contributed by atoms with van der Waals surface area (Å²) >= 11 is 0. The van der Waals surface area contributed by atoms with E-state index in [9.17, 15) is 0 Å². The number of unbranched alkanes of at least 4 members (excludes halogenated alkanes) is 2. The molecule has 0 aliphatic heterocycles. The summed E-state index contributed by atoms with van der Waals surface area (Å²) in [5, 5.41) is 3.36. The number of nitrogens with one attached hydrogen (secondary N) is 1. The number of aromatic nitrogens is 2. The van der Waals surface area contributed by atoms with Crippen molar-refractivity contribution in [3.63, 3.8) is 0 Å². The fraction of sp³-hybridized carbons (Fsp3) is 0.733. The van der Waals surface area contributed by atoms with Gasteiger partial charge in [-0.25, -0.2) is 4.98 Å². The van der Waals surface area contributed by atoms with Gasteiger partial charge in [-0.05, 0) is 19.3 Å². The maximum Gasteiger partial charge on any atom is 0.218 e. The Balaban J connectivity index is 2.63. The normalized spacial score (nSPS) is 10.5. The van der Waals surface area contributed by atoms with Crippen molar-refractivity contribution in [2.45, 2.75) is 59.3 Å². The number of aryl methyl sites for hydroxylation is 1. The van der Waals surface area contributed by atoms with E-state index in [1.165, 1.54) is 19.3 Å². The van der Waals surface area contributed by atoms with Gasteiger partial charge in [0.15, 0.2) is 0 Å². The maximum absolute atomic E-state index is 5.62. The van der Waals surface area contributed by atoms with Gasteiger partial charge >= 0.3 is 0 Å². The molecule has 4 nitrogen and oxygen atoms in total. The summed E-state index contributed by atoms with van der Waals surface area (Å²) in [5.74, 6) is 2.45. The first-order valence-corrected chi connectivity index (χ1v) is 7.54. The zero-order valence-corrected chi connectivity index (χ0v) is 12.5. The van der Waals surface area contributed by atoms with Crippen LogP contribution in [-0.2, 0) is 6.42 Å². The van der Waals surface area contributed by atoms with E-state index in [4.69, 9.17) is 4.74 Å². The first kappa shape index (κ1) is 15.7. The third kappa shape index (κ3) is 6.41. The highest BCUT2D eigenvalue weighted by Crippen LogP contribution is 2.15. The van der Waals surface area contributed by atoms with Crippen molar-refractivity contribution in [3.05, 3.63) is 11.9 Å². The molecule has 0 spiro atoms. The lowest BCUT2D eigenvalue weighted by molar-refractivity contribution is 0.303. The van der Waals surface area contributed by atoms with Crippen molar-refractivity contribution in [2.75, 3.05) is 18.5 Å². The second-order valence-corrected chi connectivity index (χ2v) is 4.74. The average molecular weight is 265 g/mol. The lowest BCUT2D eigenvalue weighted by Crippen LogP contribution is -2.08. The summed E-state index contributed by atoms with van der Waals surface area (Å²) in [4.78, 5) is 8.96. The topological polar surface area (TPSA) is 47.0 Å². The van der Waals surface area contributed by atoms with E-state index in [-0.39, 0.29) is 0 Å². The summed E-state index contributed by atoms with van der Waals surface area (Å²) in [7, 11) is 0. The van der Waals surface area contributed by atoms with Crippen molar-refractivity contribution in [1.82, 2.24) is 9.97 Å². The van der Waals surface area contributed by atoms with Crippen molar-refractivity contribution in [1.29, 1.82) is 0 Å². The largest absolute Gasteiger partial charge is 0.478 e. The van der Waals surface area contributed by atoms with Crippen LogP contribution >= 0.6 is 0 Å². The Hall–Kier alpha value is -1.32. The molecule has 1 N–H and O–H groups in total. The van der Waals surface area contributed by atoms with Crippen LogP contribution in [0.3, 0.4) is 0 Å². The Morgan fingerprint density at radius 2 is 1.89 bits per heavy atom. The molecule has 19 heavy (non-hydrogen) atoms. The molecule has 0 saturated heterocycles. The van der Waals surface area contributed by atoms with Crippen LogP contribution in [0.15, 0.2) is 6.07 Å². The molecule has 0 saturated carbocycles. The Morgan fingerprint density at radius 3 is 2.58 bits per heavy atom. The van der Waals surface area contributed by atoms with Crippen LogP contribution in [0.25, 0.3) is 0 Å². The van der Waals surface area contributed by atoms with E-state index in [0.29, 0.717) is 12.5 Å². The van der Waals surface area contributed by atoms with Crippen molar-refractivity contribution < 1.29 is 4.74 Å². The molecule has 0 amide bonds. The molecule has 0 aromatic carbocycles. The van der Waals surface area contributed by atoms with Gasteiger partial charge in [-0.15, -0.1) is 0 Å². The van der Waals surface area contributed by atoms with Crippen LogP contribution in [0.5, 0.6) is 5.88 Å². The van der Waals surface area contributed by atoms with E-state index < -0.39 is 0 Å². The van der Waals surface area contributed by atoms with Gasteiger partial charge in [0.25, 0.3) is 0 Å². The molecule has 1 heterocycles. The fourth-order valence-electron chi connectivity index (χ4n) is 1.77. The number of ether oxygens (including phenoxy) is 1. The van der Waals surface area contributed by atoms with Crippen LogP contribution in [0.1, 0.15) is 58.7 Å². The number of hydrogen-bond acceptors (Lipinski definition) is 4. The number of nitrogens with zero attached hydrogens (tertiary/aromatic N) is 2. The van der Waals surface area contributed by atoms with Crippen LogP contribution in [0, 0.1) is 0 Å². The molecular formula is C15H27N3O. The van der Waals surface area contributed by atoms with Gasteiger partial charge in [-0.1, -0.05) is 33.6 Å². The Bertz CT molecular complexity index is 355. The molecule has 1 aromatic heterocycles. The van der Waals surface area contributed by atoms with Gasteiger partial charge in [0.1, 0.15) is 11.6 Å². The highest BCUT2D eigenvalue weighted by Gasteiger charge is 2.05. The second kappa shape index (κ2) is 9.59. The van der Waals surface area contributed by atoms with E-state index in [2.05, 4.69) is 36.1 Å². The SMILES string of the molecule is CCCCCNc1cc(OCCC)nc(CCC)n1. The van der Waals surface area contributed by atoms with Crippen molar-refractivity contribution >= 4 is 5.82 Å². The van der Waals surface area contributed by atoms with Crippen LogP contribution in [-0.4, -0.2) is 23.1 Å². The summed E-state index contributed by atoms with van der Waals surface area (Å²) in [6.45, 7) is 8.11. The highest BCUT2D eigenvalue weighted by atomic mass is 16.5. The smallest absolute Gasteiger partial charge is 0.218 e. The molecule has 108 valence electrons. The van der Waals surface area contributed by atoms with Gasteiger partial charge in [0, 0.05) is 19.0 Å². The maximum atomic E-state index is 5.62. The standard InChI is InChI=1S/C15H27N3O/c1-4-7-8-10-16-14-12-15(19-11-6-3)18-13(17-14)9-5-2/h12H,4-11H2,1-3H3,(H,16,17,18). The number of hydrogen-bond donors (Lipinski definition) is 1. The Morgan fingerprint density at radius 1 is 1.05 bits per heavy atom. The number of rotatable bonds is 10.